The van der Waals surface area contributed by atoms with Gasteiger partial charge in [0.2, 0.25) is 0 Å². The average molecular weight is 654 g/mol. The zero-order valence-electron chi connectivity index (χ0n) is 28.6. The number of carbonyl (C=O) groups is 3. The van der Waals surface area contributed by atoms with E-state index in [1.165, 1.54) is 64.9 Å². The van der Waals surface area contributed by atoms with E-state index in [2.05, 4.69) is 73.3 Å². The van der Waals surface area contributed by atoms with Gasteiger partial charge in [-0.3, -0.25) is 19.3 Å². The molecular weight excluding hydrogens is 610 g/mol. The molecule has 2 heterocycles. The summed E-state index contributed by atoms with van der Waals surface area (Å²) in [6, 6.07) is 24.7. The minimum Gasteiger partial charge on any atom is -0.480 e. The van der Waals surface area contributed by atoms with Crippen molar-refractivity contribution in [2.45, 2.75) is 95.9 Å². The van der Waals surface area contributed by atoms with Gasteiger partial charge in [0.25, 0.3) is 11.8 Å². The number of aliphatic carboxylic acids is 1. The molecule has 3 aromatic rings. The lowest BCUT2D eigenvalue weighted by Crippen LogP contribution is -2.45. The lowest BCUT2D eigenvalue weighted by atomic mass is 9.71. The molecule has 49 heavy (non-hydrogen) atoms. The van der Waals surface area contributed by atoms with Crippen LogP contribution in [-0.4, -0.2) is 40.4 Å². The largest absolute Gasteiger partial charge is 0.480 e. The van der Waals surface area contributed by atoms with Gasteiger partial charge in [0.15, 0.2) is 0 Å². The number of amides is 2. The van der Waals surface area contributed by atoms with Gasteiger partial charge < -0.3 is 10.0 Å². The first kappa shape index (κ1) is 32.6. The van der Waals surface area contributed by atoms with Gasteiger partial charge in [-0.25, -0.2) is 0 Å². The van der Waals surface area contributed by atoms with Crippen molar-refractivity contribution >= 4 is 35.2 Å². The van der Waals surface area contributed by atoms with Crippen molar-refractivity contribution in [1.29, 1.82) is 5.26 Å². The van der Waals surface area contributed by atoms with Gasteiger partial charge in [-0.15, -0.1) is 0 Å². The minimum atomic E-state index is -1.31. The predicted octanol–water partition coefficient (Wildman–Crippen LogP) is 8.80. The Bertz CT molecular complexity index is 1970. The van der Waals surface area contributed by atoms with E-state index in [4.69, 9.17) is 0 Å². The maximum absolute atomic E-state index is 13.4. The highest BCUT2D eigenvalue weighted by Crippen LogP contribution is 2.57. The first-order chi connectivity index (χ1) is 23.7. The summed E-state index contributed by atoms with van der Waals surface area (Å²) in [5.74, 6) is -2.53. The molecule has 1 saturated carbocycles. The van der Waals surface area contributed by atoms with Crippen LogP contribution in [0.2, 0.25) is 0 Å². The van der Waals surface area contributed by atoms with Crippen molar-refractivity contribution in [3.8, 4) is 17.2 Å². The van der Waals surface area contributed by atoms with Gasteiger partial charge in [-0.2, -0.15) is 5.26 Å². The Morgan fingerprint density at radius 1 is 0.959 bits per heavy atom. The zero-order chi connectivity index (χ0) is 34.4. The molecule has 0 aromatic heterocycles. The monoisotopic (exact) mass is 653 g/mol. The molecule has 3 aromatic carbocycles. The number of benzene rings is 3. The van der Waals surface area contributed by atoms with Crippen molar-refractivity contribution in [1.82, 2.24) is 4.90 Å². The Morgan fingerprint density at radius 3 is 2.41 bits per heavy atom. The number of nitriles is 1. The summed E-state index contributed by atoms with van der Waals surface area (Å²) in [5.41, 5.74) is 10.4. The summed E-state index contributed by atoms with van der Waals surface area (Å²) in [7, 11) is 0. The molecule has 0 radical (unpaired) electrons. The normalized spacial score (nSPS) is 21.1. The van der Waals surface area contributed by atoms with E-state index >= 15 is 0 Å². The number of carbonyl (C=O) groups excluding carboxylic acids is 2. The van der Waals surface area contributed by atoms with Crippen LogP contribution >= 0.6 is 0 Å². The first-order valence-electron chi connectivity index (χ1n) is 17.8. The fraction of sp³-hybridized carbons (Fsp3) is 0.381. The second-order valence-electron chi connectivity index (χ2n) is 14.1. The van der Waals surface area contributed by atoms with Crippen LogP contribution < -0.4 is 4.90 Å². The molecule has 0 saturated heterocycles. The number of hydrogen-bond donors (Lipinski definition) is 1. The van der Waals surface area contributed by atoms with Gasteiger partial charge in [-0.1, -0.05) is 82.3 Å². The highest BCUT2D eigenvalue weighted by atomic mass is 16.4. The lowest BCUT2D eigenvalue weighted by Gasteiger charge is -2.34. The molecule has 250 valence electrons. The number of carboxylic acids is 1. The Hall–Kier alpha value is -4.96. The molecule has 2 unspecified atom stereocenters. The van der Waals surface area contributed by atoms with Gasteiger partial charge >= 0.3 is 5.97 Å². The number of hydrogen-bond acceptors (Lipinski definition) is 5. The third kappa shape index (κ3) is 5.20. The molecule has 1 fully saturated rings. The van der Waals surface area contributed by atoms with Crippen molar-refractivity contribution in [3.05, 3.63) is 99.6 Å². The van der Waals surface area contributed by atoms with Crippen LogP contribution in [-0.2, 0) is 19.8 Å². The van der Waals surface area contributed by atoms with Gasteiger partial charge in [0, 0.05) is 34.3 Å². The molecule has 7 rings (SSSR count). The summed E-state index contributed by atoms with van der Waals surface area (Å²) in [4.78, 5) is 40.8. The summed E-state index contributed by atoms with van der Waals surface area (Å²) in [5, 5.41) is 19.0. The maximum Gasteiger partial charge on any atom is 0.323 e. The standard InChI is InChI=1S/C42H43N3O4/c1-4-6-19-42(20-7-5-2)35-13-9-8-11-29(35)30-17-16-28(23-36(30)42)45-37-14-10-12-31(37)33-22-27(15-18-38(33)45)21-32-26(3)34(24-43)41(49)44(40(32)48)25-39(46)47/h8-9,11,13,15-18,21-23,31,37H,4-7,10,12,14,19-20,25H2,1-3H3,(H,46,47)/b32-21+. The van der Waals surface area contributed by atoms with Crippen LogP contribution in [0.15, 0.2) is 77.4 Å². The van der Waals surface area contributed by atoms with E-state index in [0.29, 0.717) is 16.9 Å². The summed E-state index contributed by atoms with van der Waals surface area (Å²) in [6.07, 6.45) is 12.0. The summed E-state index contributed by atoms with van der Waals surface area (Å²) >= 11 is 0. The molecule has 2 aliphatic carbocycles. The van der Waals surface area contributed by atoms with Gasteiger partial charge in [-0.05, 0) is 102 Å². The third-order valence-corrected chi connectivity index (χ3v) is 11.4. The van der Waals surface area contributed by atoms with Crippen LogP contribution in [0.5, 0.6) is 0 Å². The zero-order valence-corrected chi connectivity index (χ0v) is 28.6. The van der Waals surface area contributed by atoms with Crippen molar-refractivity contribution < 1.29 is 19.5 Å². The number of imide groups is 1. The van der Waals surface area contributed by atoms with E-state index < -0.39 is 24.3 Å². The Labute approximate surface area is 288 Å². The maximum atomic E-state index is 13.4. The SMILES string of the molecule is CCCCC1(CCCC)c2ccccc2-c2ccc(N3c4ccc(/C=C5/C(=O)N(CC(=O)O)C(=O)C(C#N)=C5C)cc4C4CCCC43)cc21. The topological polar surface area (TPSA) is 102 Å². The lowest BCUT2D eigenvalue weighted by molar-refractivity contribution is -0.149. The number of rotatable bonds is 10. The Kier molecular flexibility index (Phi) is 8.52. The highest BCUT2D eigenvalue weighted by Gasteiger charge is 2.45. The number of nitrogens with zero attached hydrogens (tertiary/aromatic N) is 3. The molecule has 1 N–H and O–H groups in total. The molecule has 7 heteroatoms. The van der Waals surface area contributed by atoms with Gasteiger partial charge in [0.1, 0.15) is 18.2 Å². The second-order valence-corrected chi connectivity index (χ2v) is 14.1. The molecule has 2 atom stereocenters. The summed E-state index contributed by atoms with van der Waals surface area (Å²) in [6.45, 7) is 5.36. The van der Waals surface area contributed by atoms with Crippen LogP contribution in [0, 0.1) is 11.3 Å². The van der Waals surface area contributed by atoms with Crippen LogP contribution in [0.25, 0.3) is 17.2 Å². The third-order valence-electron chi connectivity index (χ3n) is 11.4. The van der Waals surface area contributed by atoms with Crippen molar-refractivity contribution in [2.75, 3.05) is 11.4 Å². The number of carboxylic acid groups (broad SMARTS) is 1. The summed E-state index contributed by atoms with van der Waals surface area (Å²) < 4.78 is 0. The van der Waals surface area contributed by atoms with E-state index in [-0.39, 0.29) is 22.1 Å². The van der Waals surface area contributed by atoms with E-state index in [1.807, 2.05) is 12.1 Å². The molecule has 4 aliphatic rings. The fourth-order valence-electron chi connectivity index (χ4n) is 9.09. The predicted molar refractivity (Wildman–Crippen MR) is 191 cm³/mol. The van der Waals surface area contributed by atoms with Gasteiger partial charge in [0.05, 0.1) is 0 Å². The molecule has 0 spiro atoms. The number of fused-ring (bicyclic) bond motifs is 6. The van der Waals surface area contributed by atoms with Crippen molar-refractivity contribution in [3.63, 3.8) is 0 Å². The molecular formula is C42H43N3O4. The molecule has 2 amide bonds. The van der Waals surface area contributed by atoms with Crippen LogP contribution in [0.1, 0.15) is 107 Å². The number of unbranched alkanes of at least 4 members (excludes halogenated alkanes) is 2. The second kappa shape index (κ2) is 12.8. The average Bonchev–Trinajstić information content (AvgIpc) is 3.77. The van der Waals surface area contributed by atoms with Crippen LogP contribution in [0.3, 0.4) is 0 Å². The van der Waals surface area contributed by atoms with E-state index in [9.17, 15) is 24.8 Å². The smallest absolute Gasteiger partial charge is 0.323 e. The Balaban J connectivity index is 1.31. The quantitative estimate of drug-likeness (QED) is 0.173. The molecule has 7 nitrogen and oxygen atoms in total. The van der Waals surface area contributed by atoms with E-state index in [1.54, 1.807) is 13.0 Å². The molecule has 2 aliphatic heterocycles. The van der Waals surface area contributed by atoms with E-state index in [0.717, 1.165) is 37.7 Å². The van der Waals surface area contributed by atoms with Crippen LogP contribution in [0.4, 0.5) is 11.4 Å². The highest BCUT2D eigenvalue weighted by molar-refractivity contribution is 6.20. The van der Waals surface area contributed by atoms with Crippen molar-refractivity contribution in [2.24, 2.45) is 0 Å². The number of anilines is 2. The fourth-order valence-corrected chi connectivity index (χ4v) is 9.09. The molecule has 0 bridgehead atoms. The minimum absolute atomic E-state index is 0.0116. The first-order valence-corrected chi connectivity index (χ1v) is 17.8. The Morgan fingerprint density at radius 2 is 1.69 bits per heavy atom.